The molecule has 2 aliphatic rings. The van der Waals surface area contributed by atoms with E-state index in [1.807, 2.05) is 11.8 Å². The monoisotopic (exact) mass is 441 g/mol. The lowest BCUT2D eigenvalue weighted by atomic mass is 10.00. The van der Waals surface area contributed by atoms with E-state index >= 15 is 0 Å². The van der Waals surface area contributed by atoms with E-state index in [4.69, 9.17) is 9.72 Å². The number of carbonyl (C=O) groups is 1. The highest BCUT2D eigenvalue weighted by atomic mass is 19.1. The van der Waals surface area contributed by atoms with Crippen molar-refractivity contribution in [1.29, 1.82) is 0 Å². The molecule has 0 amide bonds. The number of anilines is 1. The van der Waals surface area contributed by atoms with Gasteiger partial charge >= 0.3 is 5.97 Å². The van der Waals surface area contributed by atoms with E-state index in [2.05, 4.69) is 17.4 Å². The van der Waals surface area contributed by atoms with Crippen molar-refractivity contribution >= 4 is 11.8 Å². The van der Waals surface area contributed by atoms with Crippen molar-refractivity contribution in [3.05, 3.63) is 58.5 Å². The zero-order valence-electron chi connectivity index (χ0n) is 18.6. The summed E-state index contributed by atoms with van der Waals surface area (Å²) in [4.78, 5) is 18.6. The fraction of sp³-hybridized carbons (Fsp3) is 0.520. The molecule has 1 unspecified atom stereocenters. The van der Waals surface area contributed by atoms with Crippen LogP contribution >= 0.6 is 0 Å². The first-order valence-corrected chi connectivity index (χ1v) is 11.6. The number of fused-ring (bicyclic) bond motifs is 1. The molecule has 7 heteroatoms. The van der Waals surface area contributed by atoms with Crippen molar-refractivity contribution in [1.82, 2.24) is 9.88 Å². The van der Waals surface area contributed by atoms with E-state index in [1.54, 1.807) is 6.07 Å². The number of carboxylic acids is 1. The SMILES string of the molecule is Cc1ccc(F)cc1C(C(=O)O)N1CC[C@H](OCCCCc2ccc3c(n2)NCCC3)C1. The minimum Gasteiger partial charge on any atom is -0.480 e. The van der Waals surface area contributed by atoms with Gasteiger partial charge in [0.05, 0.1) is 6.10 Å². The number of hydrogen-bond acceptors (Lipinski definition) is 5. The predicted octanol–water partition coefficient (Wildman–Crippen LogP) is 4.13. The molecule has 0 aliphatic carbocycles. The van der Waals surface area contributed by atoms with E-state index in [0.29, 0.717) is 25.3 Å². The van der Waals surface area contributed by atoms with Crippen molar-refractivity contribution in [2.45, 2.75) is 57.6 Å². The Labute approximate surface area is 188 Å². The molecule has 1 aromatic heterocycles. The van der Waals surface area contributed by atoms with Crippen LogP contribution < -0.4 is 5.32 Å². The second-order valence-corrected chi connectivity index (χ2v) is 8.82. The fourth-order valence-corrected chi connectivity index (χ4v) is 4.68. The van der Waals surface area contributed by atoms with Crippen LogP contribution in [0, 0.1) is 12.7 Å². The third-order valence-corrected chi connectivity index (χ3v) is 6.44. The summed E-state index contributed by atoms with van der Waals surface area (Å²) >= 11 is 0. The molecule has 2 aliphatic heterocycles. The smallest absolute Gasteiger partial charge is 0.325 e. The maximum absolute atomic E-state index is 13.7. The predicted molar refractivity (Wildman–Crippen MR) is 121 cm³/mol. The molecule has 3 heterocycles. The van der Waals surface area contributed by atoms with Crippen LogP contribution in [0.1, 0.15) is 54.1 Å². The topological polar surface area (TPSA) is 74.7 Å². The number of nitrogens with one attached hydrogen (secondary N) is 1. The van der Waals surface area contributed by atoms with Crippen LogP contribution in [0.25, 0.3) is 0 Å². The van der Waals surface area contributed by atoms with E-state index < -0.39 is 17.8 Å². The average Bonchev–Trinajstić information content (AvgIpc) is 3.24. The van der Waals surface area contributed by atoms with Crippen LogP contribution in [0.4, 0.5) is 10.2 Å². The molecule has 0 radical (unpaired) electrons. The number of ether oxygens (including phenoxy) is 1. The molecule has 2 aromatic rings. The van der Waals surface area contributed by atoms with Crippen molar-refractivity contribution < 1.29 is 19.0 Å². The van der Waals surface area contributed by atoms with Gasteiger partial charge in [-0.05, 0) is 80.3 Å². The van der Waals surface area contributed by atoms with Gasteiger partial charge in [-0.2, -0.15) is 0 Å². The van der Waals surface area contributed by atoms with Crippen molar-refractivity contribution in [3.63, 3.8) is 0 Å². The minimum atomic E-state index is -0.952. The molecule has 0 bridgehead atoms. The number of carboxylic acid groups (broad SMARTS) is 1. The van der Waals surface area contributed by atoms with Gasteiger partial charge in [0.25, 0.3) is 0 Å². The molecular weight excluding hydrogens is 409 g/mol. The highest BCUT2D eigenvalue weighted by Crippen LogP contribution is 2.29. The standard InChI is InChI=1S/C25H32FN3O3/c1-17-7-9-19(26)15-22(17)23(25(30)31)29-13-11-21(16-29)32-14-3-2-6-20-10-8-18-5-4-12-27-24(18)28-20/h7-10,15,21,23H,2-6,11-14,16H2,1H3,(H,27,28)(H,30,31)/t21-,23?/m0/s1. The number of aliphatic carboxylic acids is 1. The van der Waals surface area contributed by atoms with Gasteiger partial charge in [0.2, 0.25) is 0 Å². The first kappa shape index (κ1) is 22.7. The van der Waals surface area contributed by atoms with E-state index in [-0.39, 0.29) is 6.10 Å². The molecule has 0 saturated carbocycles. The third-order valence-electron chi connectivity index (χ3n) is 6.44. The number of unbranched alkanes of at least 4 members (excludes halogenated alkanes) is 1. The third kappa shape index (κ3) is 5.45. The molecule has 1 aromatic carbocycles. The van der Waals surface area contributed by atoms with Crippen molar-refractivity contribution in [2.75, 3.05) is 31.6 Å². The largest absolute Gasteiger partial charge is 0.480 e. The molecular formula is C25H32FN3O3. The van der Waals surface area contributed by atoms with Crippen LogP contribution in [-0.4, -0.2) is 53.3 Å². The lowest BCUT2D eigenvalue weighted by Crippen LogP contribution is -2.34. The summed E-state index contributed by atoms with van der Waals surface area (Å²) in [6, 6.07) is 7.81. The maximum Gasteiger partial charge on any atom is 0.325 e. The van der Waals surface area contributed by atoms with Gasteiger partial charge in [0, 0.05) is 31.9 Å². The molecule has 2 atom stereocenters. The Balaban J connectivity index is 1.23. The Hall–Kier alpha value is -2.51. The van der Waals surface area contributed by atoms with Crippen LogP contribution in [0.15, 0.2) is 30.3 Å². The lowest BCUT2D eigenvalue weighted by molar-refractivity contribution is -0.143. The number of pyridine rings is 1. The Morgan fingerprint density at radius 2 is 2.22 bits per heavy atom. The van der Waals surface area contributed by atoms with Gasteiger partial charge in [0.1, 0.15) is 17.7 Å². The molecule has 0 spiro atoms. The number of aryl methyl sites for hydroxylation is 3. The number of benzene rings is 1. The van der Waals surface area contributed by atoms with Gasteiger partial charge in [-0.1, -0.05) is 12.1 Å². The summed E-state index contributed by atoms with van der Waals surface area (Å²) in [5.41, 5.74) is 3.72. The first-order valence-electron chi connectivity index (χ1n) is 11.6. The number of rotatable bonds is 9. The van der Waals surface area contributed by atoms with Crippen molar-refractivity contribution in [2.24, 2.45) is 0 Å². The van der Waals surface area contributed by atoms with Gasteiger partial charge < -0.3 is 15.2 Å². The zero-order valence-corrected chi connectivity index (χ0v) is 18.6. The number of halogens is 1. The maximum atomic E-state index is 13.7. The molecule has 172 valence electrons. The summed E-state index contributed by atoms with van der Waals surface area (Å²) < 4.78 is 19.8. The summed E-state index contributed by atoms with van der Waals surface area (Å²) in [5.74, 6) is -0.322. The van der Waals surface area contributed by atoms with E-state index in [0.717, 1.165) is 55.7 Å². The summed E-state index contributed by atoms with van der Waals surface area (Å²) in [6.45, 7) is 4.65. The second kappa shape index (κ2) is 10.4. The Morgan fingerprint density at radius 1 is 1.34 bits per heavy atom. The number of nitrogens with zero attached hydrogens (tertiary/aromatic N) is 2. The summed E-state index contributed by atoms with van der Waals surface area (Å²) in [5, 5.41) is 13.2. The van der Waals surface area contributed by atoms with Gasteiger partial charge in [0.15, 0.2) is 0 Å². The Kier molecular flexibility index (Phi) is 7.37. The first-order chi connectivity index (χ1) is 15.5. The normalized spacial score (nSPS) is 19.4. The number of aromatic nitrogens is 1. The van der Waals surface area contributed by atoms with Gasteiger partial charge in [-0.15, -0.1) is 0 Å². The minimum absolute atomic E-state index is 0.0109. The van der Waals surface area contributed by atoms with Crippen LogP contribution in [0.5, 0.6) is 0 Å². The Morgan fingerprint density at radius 3 is 3.06 bits per heavy atom. The molecule has 4 rings (SSSR count). The summed E-state index contributed by atoms with van der Waals surface area (Å²) in [7, 11) is 0. The van der Waals surface area contributed by atoms with Gasteiger partial charge in [-0.25, -0.2) is 9.37 Å². The second-order valence-electron chi connectivity index (χ2n) is 8.82. The lowest BCUT2D eigenvalue weighted by Gasteiger charge is -2.26. The molecule has 32 heavy (non-hydrogen) atoms. The molecule has 6 nitrogen and oxygen atoms in total. The van der Waals surface area contributed by atoms with Crippen LogP contribution in [-0.2, 0) is 22.4 Å². The highest BCUT2D eigenvalue weighted by molar-refractivity contribution is 5.76. The van der Waals surface area contributed by atoms with Gasteiger partial charge in [-0.3, -0.25) is 9.69 Å². The average molecular weight is 442 g/mol. The van der Waals surface area contributed by atoms with E-state index in [1.165, 1.54) is 24.1 Å². The molecule has 1 saturated heterocycles. The van der Waals surface area contributed by atoms with Crippen LogP contribution in [0.2, 0.25) is 0 Å². The summed E-state index contributed by atoms with van der Waals surface area (Å²) in [6.07, 6.45) is 5.93. The van der Waals surface area contributed by atoms with Crippen molar-refractivity contribution in [3.8, 4) is 0 Å². The van der Waals surface area contributed by atoms with E-state index in [9.17, 15) is 14.3 Å². The number of hydrogen-bond donors (Lipinski definition) is 2. The fourth-order valence-electron chi connectivity index (χ4n) is 4.68. The Bertz CT molecular complexity index is 952. The number of likely N-dealkylation sites (tertiary alicyclic amines) is 1. The highest BCUT2D eigenvalue weighted by Gasteiger charge is 2.34. The molecule has 2 N–H and O–H groups in total. The van der Waals surface area contributed by atoms with Crippen LogP contribution in [0.3, 0.4) is 0 Å². The molecule has 1 fully saturated rings. The zero-order chi connectivity index (χ0) is 22.5. The quantitative estimate of drug-likeness (QED) is 0.570.